The largest absolute Gasteiger partial charge is 0.357 e. The van der Waals surface area contributed by atoms with Gasteiger partial charge in [-0.25, -0.2) is 4.39 Å². The van der Waals surface area contributed by atoms with Crippen molar-refractivity contribution in [1.82, 2.24) is 20.4 Å². The van der Waals surface area contributed by atoms with Crippen LogP contribution in [0.15, 0.2) is 27.7 Å². The van der Waals surface area contributed by atoms with E-state index in [9.17, 15) is 4.39 Å². The summed E-state index contributed by atoms with van der Waals surface area (Å²) in [7, 11) is 1.97. The maximum Gasteiger partial charge on any atom is 0.191 e. The third-order valence-electron chi connectivity index (χ3n) is 4.56. The van der Waals surface area contributed by atoms with Crippen LogP contribution in [0, 0.1) is 19.7 Å². The molecule has 2 rings (SSSR count). The molecule has 0 amide bonds. The van der Waals surface area contributed by atoms with Crippen LogP contribution in [-0.2, 0) is 19.9 Å². The molecular formula is C20H30BrFIN5. The molecule has 0 atom stereocenters. The number of guanidine groups is 1. The van der Waals surface area contributed by atoms with Gasteiger partial charge in [-0.3, -0.25) is 9.67 Å². The Morgan fingerprint density at radius 3 is 2.61 bits per heavy atom. The van der Waals surface area contributed by atoms with Gasteiger partial charge in [0.25, 0.3) is 0 Å². The number of nitrogens with one attached hydrogen (secondary N) is 2. The summed E-state index contributed by atoms with van der Waals surface area (Å²) in [5.41, 5.74) is 4.29. The highest BCUT2D eigenvalue weighted by molar-refractivity contribution is 14.0. The molecule has 0 aliphatic carbocycles. The summed E-state index contributed by atoms with van der Waals surface area (Å²) < 4.78 is 16.5. The number of aryl methyl sites for hydroxylation is 3. The first-order chi connectivity index (χ1) is 12.9. The van der Waals surface area contributed by atoms with E-state index >= 15 is 0 Å². The fourth-order valence-electron chi connectivity index (χ4n) is 3.01. The number of rotatable bonds is 8. The number of aromatic nitrogens is 2. The average molecular weight is 566 g/mol. The Morgan fingerprint density at radius 2 is 2.00 bits per heavy atom. The van der Waals surface area contributed by atoms with Crippen LogP contribution in [0.1, 0.15) is 35.9 Å². The number of nitrogens with zero attached hydrogens (tertiary/aromatic N) is 3. The van der Waals surface area contributed by atoms with E-state index in [1.54, 1.807) is 0 Å². The maximum atomic E-state index is 13.9. The minimum absolute atomic E-state index is 0. The Morgan fingerprint density at radius 1 is 1.25 bits per heavy atom. The molecule has 0 fully saturated rings. The van der Waals surface area contributed by atoms with Gasteiger partial charge >= 0.3 is 0 Å². The van der Waals surface area contributed by atoms with Crippen molar-refractivity contribution in [2.24, 2.45) is 12.0 Å². The minimum Gasteiger partial charge on any atom is -0.357 e. The fraction of sp³-hybridized carbons (Fsp3) is 0.500. The van der Waals surface area contributed by atoms with Crippen molar-refractivity contribution in [2.75, 3.05) is 19.6 Å². The van der Waals surface area contributed by atoms with Crippen LogP contribution >= 0.6 is 39.9 Å². The molecule has 0 saturated carbocycles. The second kappa shape index (κ2) is 12.4. The SMILES string of the molecule is CCNC(=NCCCc1ccc(Br)cc1F)NCCc1c(C)nn(C)c1C.I. The van der Waals surface area contributed by atoms with Gasteiger partial charge in [0.05, 0.1) is 5.69 Å². The van der Waals surface area contributed by atoms with Gasteiger partial charge in [0, 0.05) is 36.8 Å². The molecule has 0 radical (unpaired) electrons. The van der Waals surface area contributed by atoms with Gasteiger partial charge < -0.3 is 10.6 Å². The van der Waals surface area contributed by atoms with E-state index in [1.807, 2.05) is 37.7 Å². The third-order valence-corrected chi connectivity index (χ3v) is 5.05. The van der Waals surface area contributed by atoms with Gasteiger partial charge in [0.2, 0.25) is 0 Å². The van der Waals surface area contributed by atoms with E-state index in [4.69, 9.17) is 0 Å². The Balaban J connectivity index is 0.00000392. The molecule has 28 heavy (non-hydrogen) atoms. The summed E-state index contributed by atoms with van der Waals surface area (Å²) >= 11 is 3.28. The fourth-order valence-corrected chi connectivity index (χ4v) is 3.34. The number of halogens is 3. The van der Waals surface area contributed by atoms with Gasteiger partial charge in [-0.2, -0.15) is 5.10 Å². The molecule has 1 aromatic heterocycles. The lowest BCUT2D eigenvalue weighted by atomic mass is 10.1. The van der Waals surface area contributed by atoms with Crippen molar-refractivity contribution in [3.8, 4) is 0 Å². The van der Waals surface area contributed by atoms with E-state index < -0.39 is 0 Å². The van der Waals surface area contributed by atoms with Crippen molar-refractivity contribution in [1.29, 1.82) is 0 Å². The van der Waals surface area contributed by atoms with Gasteiger partial charge in [0.15, 0.2) is 5.96 Å². The minimum atomic E-state index is -0.166. The monoisotopic (exact) mass is 565 g/mol. The molecule has 2 N–H and O–H groups in total. The Hall–Kier alpha value is -1.16. The lowest BCUT2D eigenvalue weighted by Crippen LogP contribution is -2.38. The van der Waals surface area contributed by atoms with Gasteiger partial charge in [-0.15, -0.1) is 24.0 Å². The predicted molar refractivity (Wildman–Crippen MR) is 128 cm³/mol. The highest BCUT2D eigenvalue weighted by Crippen LogP contribution is 2.16. The van der Waals surface area contributed by atoms with Crippen molar-refractivity contribution < 1.29 is 4.39 Å². The maximum absolute atomic E-state index is 13.9. The van der Waals surface area contributed by atoms with Gasteiger partial charge in [-0.05, 0) is 63.3 Å². The molecular weight excluding hydrogens is 536 g/mol. The first-order valence-electron chi connectivity index (χ1n) is 9.37. The molecule has 0 spiro atoms. The quantitative estimate of drug-likeness (QED) is 0.217. The first kappa shape index (κ1) is 24.9. The molecule has 0 bridgehead atoms. The van der Waals surface area contributed by atoms with E-state index in [2.05, 4.69) is 43.6 Å². The van der Waals surface area contributed by atoms with Crippen LogP contribution < -0.4 is 10.6 Å². The number of aliphatic imine (C=N–C) groups is 1. The van der Waals surface area contributed by atoms with E-state index in [0.29, 0.717) is 13.0 Å². The molecule has 8 heteroatoms. The third kappa shape index (κ3) is 7.35. The topological polar surface area (TPSA) is 54.2 Å². The van der Waals surface area contributed by atoms with E-state index in [0.717, 1.165) is 47.6 Å². The normalized spacial score (nSPS) is 11.3. The number of hydrogen-bond donors (Lipinski definition) is 2. The second-order valence-electron chi connectivity index (χ2n) is 6.55. The molecule has 2 aromatic rings. The molecule has 1 aromatic carbocycles. The van der Waals surface area contributed by atoms with E-state index in [-0.39, 0.29) is 29.8 Å². The summed E-state index contributed by atoms with van der Waals surface area (Å²) in [6.45, 7) is 8.43. The lowest BCUT2D eigenvalue weighted by molar-refractivity contribution is 0.604. The van der Waals surface area contributed by atoms with Crippen LogP contribution in [0.2, 0.25) is 0 Å². The first-order valence-corrected chi connectivity index (χ1v) is 10.2. The van der Waals surface area contributed by atoms with Crippen LogP contribution in [-0.4, -0.2) is 35.4 Å². The zero-order valence-electron chi connectivity index (χ0n) is 17.0. The Bertz CT molecular complexity index is 791. The van der Waals surface area contributed by atoms with Crippen LogP contribution in [0.4, 0.5) is 4.39 Å². The number of hydrogen-bond acceptors (Lipinski definition) is 2. The van der Waals surface area contributed by atoms with Crippen molar-refractivity contribution in [3.63, 3.8) is 0 Å². The summed E-state index contributed by atoms with van der Waals surface area (Å²) in [6, 6.07) is 5.20. The van der Waals surface area contributed by atoms with E-state index in [1.165, 1.54) is 17.3 Å². The predicted octanol–water partition coefficient (Wildman–Crippen LogP) is 4.29. The highest BCUT2D eigenvalue weighted by Gasteiger charge is 2.09. The summed E-state index contributed by atoms with van der Waals surface area (Å²) in [4.78, 5) is 4.60. The molecule has 0 aliphatic heterocycles. The zero-order chi connectivity index (χ0) is 19.8. The van der Waals surface area contributed by atoms with Crippen molar-refractivity contribution >= 4 is 45.9 Å². The Kier molecular flexibility index (Phi) is 11.0. The summed E-state index contributed by atoms with van der Waals surface area (Å²) in [6.07, 6.45) is 2.38. The molecule has 1 heterocycles. The second-order valence-corrected chi connectivity index (χ2v) is 7.47. The highest BCUT2D eigenvalue weighted by atomic mass is 127. The molecule has 0 saturated heterocycles. The average Bonchev–Trinajstić information content (AvgIpc) is 2.86. The smallest absolute Gasteiger partial charge is 0.191 e. The van der Waals surface area contributed by atoms with Gasteiger partial charge in [-0.1, -0.05) is 22.0 Å². The van der Waals surface area contributed by atoms with Crippen LogP contribution in [0.25, 0.3) is 0 Å². The van der Waals surface area contributed by atoms with Crippen LogP contribution in [0.3, 0.4) is 0 Å². The van der Waals surface area contributed by atoms with Gasteiger partial charge in [0.1, 0.15) is 5.82 Å². The summed E-state index contributed by atoms with van der Waals surface area (Å²) in [5.74, 6) is 0.633. The molecule has 0 unspecified atom stereocenters. The number of benzene rings is 1. The standard InChI is InChI=1S/C20H29BrFN5.HI/c1-5-23-20(25-12-10-18-14(2)26-27(4)15(18)3)24-11-6-7-16-8-9-17(21)13-19(16)22;/h8-9,13H,5-7,10-12H2,1-4H3,(H2,23,24,25);1H. The zero-order valence-corrected chi connectivity index (χ0v) is 20.9. The lowest BCUT2D eigenvalue weighted by Gasteiger charge is -2.11. The molecule has 5 nitrogen and oxygen atoms in total. The summed E-state index contributed by atoms with van der Waals surface area (Å²) in [5, 5.41) is 11.1. The molecule has 0 aliphatic rings. The van der Waals surface area contributed by atoms with Crippen molar-refractivity contribution in [2.45, 2.75) is 40.0 Å². The van der Waals surface area contributed by atoms with Crippen LogP contribution in [0.5, 0.6) is 0 Å². The van der Waals surface area contributed by atoms with Crippen molar-refractivity contribution in [3.05, 3.63) is 51.0 Å². The Labute approximate surface area is 192 Å². The molecule has 156 valence electrons.